The molecule has 0 N–H and O–H groups in total. The Balaban J connectivity index is 2.14. The molecule has 3 nitrogen and oxygen atoms in total. The van der Waals surface area contributed by atoms with Crippen molar-refractivity contribution in [3.8, 4) is 5.75 Å². The second kappa shape index (κ2) is 5.83. The third-order valence-corrected chi connectivity index (χ3v) is 3.01. The lowest BCUT2D eigenvalue weighted by atomic mass is 10.1. The quantitative estimate of drug-likeness (QED) is 0.597. The summed E-state index contributed by atoms with van der Waals surface area (Å²) in [5.41, 5.74) is 1.23. The van der Waals surface area contributed by atoms with Gasteiger partial charge in [-0.2, -0.15) is 0 Å². The van der Waals surface area contributed by atoms with E-state index in [2.05, 4.69) is 42.9 Å². The molecule has 0 spiro atoms. The first kappa shape index (κ1) is 12.8. The summed E-state index contributed by atoms with van der Waals surface area (Å²) in [6, 6.07) is 8.34. The average Bonchev–Trinajstić information content (AvgIpc) is 2.36. The molecule has 1 aromatic heterocycles. The van der Waals surface area contributed by atoms with Gasteiger partial charge in [-0.25, -0.2) is 4.57 Å². The maximum atomic E-state index is 5.65. The van der Waals surface area contributed by atoms with Gasteiger partial charge in [0.15, 0.2) is 11.9 Å². The highest BCUT2D eigenvalue weighted by molar-refractivity contribution is 5.82. The predicted octanol–water partition coefficient (Wildman–Crippen LogP) is 2.39. The van der Waals surface area contributed by atoms with E-state index < -0.39 is 0 Å². The standard InChI is InChI=1S/C15H20NO2/c1-4-17-7-8-18-15-6-5-13-11-16(3)12(2)9-14(13)10-15/h5-6,9-11H,4,7-8H2,1-3H3/q+1. The van der Waals surface area contributed by atoms with Crippen LogP contribution >= 0.6 is 0 Å². The largest absolute Gasteiger partial charge is 0.491 e. The van der Waals surface area contributed by atoms with Crippen LogP contribution in [0.5, 0.6) is 5.75 Å². The van der Waals surface area contributed by atoms with Crippen molar-refractivity contribution >= 4 is 10.8 Å². The van der Waals surface area contributed by atoms with Crippen molar-refractivity contribution in [3.63, 3.8) is 0 Å². The van der Waals surface area contributed by atoms with Crippen LogP contribution in [-0.2, 0) is 11.8 Å². The number of hydrogen-bond donors (Lipinski definition) is 0. The van der Waals surface area contributed by atoms with Gasteiger partial charge in [0.25, 0.3) is 0 Å². The highest BCUT2D eigenvalue weighted by Gasteiger charge is 2.05. The van der Waals surface area contributed by atoms with Crippen LogP contribution in [-0.4, -0.2) is 19.8 Å². The van der Waals surface area contributed by atoms with E-state index in [0.717, 1.165) is 12.4 Å². The molecule has 0 aliphatic carbocycles. The molecule has 0 aliphatic heterocycles. The highest BCUT2D eigenvalue weighted by atomic mass is 16.5. The molecule has 96 valence electrons. The Morgan fingerprint density at radius 2 is 1.94 bits per heavy atom. The Kier molecular flexibility index (Phi) is 4.15. The lowest BCUT2D eigenvalue weighted by molar-refractivity contribution is -0.676. The average molecular weight is 246 g/mol. The highest BCUT2D eigenvalue weighted by Crippen LogP contribution is 2.20. The predicted molar refractivity (Wildman–Crippen MR) is 71.8 cm³/mol. The summed E-state index contributed by atoms with van der Waals surface area (Å²) in [5.74, 6) is 0.899. The molecule has 0 atom stereocenters. The number of nitrogens with zero attached hydrogens (tertiary/aromatic N) is 1. The number of aryl methyl sites for hydroxylation is 2. The molecule has 0 saturated carbocycles. The summed E-state index contributed by atoms with van der Waals surface area (Å²) in [7, 11) is 2.06. The molecule has 1 aromatic carbocycles. The molecule has 0 unspecified atom stereocenters. The fraction of sp³-hybridized carbons (Fsp3) is 0.400. The zero-order chi connectivity index (χ0) is 13.0. The first-order valence-electron chi connectivity index (χ1n) is 6.31. The SMILES string of the molecule is CCOCCOc1ccc2c[n+](C)c(C)cc2c1. The molecule has 0 bridgehead atoms. The molecule has 1 heterocycles. The van der Waals surface area contributed by atoms with Crippen molar-refractivity contribution < 1.29 is 14.0 Å². The molecule has 2 aromatic rings. The second-order valence-corrected chi connectivity index (χ2v) is 4.36. The topological polar surface area (TPSA) is 22.3 Å². The van der Waals surface area contributed by atoms with Crippen molar-refractivity contribution in [3.05, 3.63) is 36.2 Å². The van der Waals surface area contributed by atoms with Crippen molar-refractivity contribution in [2.24, 2.45) is 7.05 Å². The maximum Gasteiger partial charge on any atom is 0.178 e. The monoisotopic (exact) mass is 246 g/mol. The molecule has 0 aliphatic rings. The molecule has 0 saturated heterocycles. The lowest BCUT2D eigenvalue weighted by Gasteiger charge is -2.07. The van der Waals surface area contributed by atoms with Crippen LogP contribution in [0.4, 0.5) is 0 Å². The van der Waals surface area contributed by atoms with Gasteiger partial charge in [-0.1, -0.05) is 0 Å². The normalized spacial score (nSPS) is 10.8. The van der Waals surface area contributed by atoms with E-state index in [1.807, 2.05) is 13.0 Å². The third kappa shape index (κ3) is 2.99. The molecule has 3 heteroatoms. The van der Waals surface area contributed by atoms with Crippen LogP contribution in [0.3, 0.4) is 0 Å². The van der Waals surface area contributed by atoms with E-state index in [1.54, 1.807) is 0 Å². The summed E-state index contributed by atoms with van der Waals surface area (Å²) in [4.78, 5) is 0. The van der Waals surface area contributed by atoms with Crippen LogP contribution in [0, 0.1) is 6.92 Å². The van der Waals surface area contributed by atoms with E-state index in [4.69, 9.17) is 9.47 Å². The van der Waals surface area contributed by atoms with Gasteiger partial charge >= 0.3 is 0 Å². The molecule has 0 fully saturated rings. The molecular weight excluding hydrogens is 226 g/mol. The van der Waals surface area contributed by atoms with E-state index >= 15 is 0 Å². The van der Waals surface area contributed by atoms with Gasteiger partial charge < -0.3 is 9.47 Å². The van der Waals surface area contributed by atoms with Gasteiger partial charge in [-0.15, -0.1) is 0 Å². The molecule has 18 heavy (non-hydrogen) atoms. The van der Waals surface area contributed by atoms with Crippen molar-refractivity contribution in [2.45, 2.75) is 13.8 Å². The molecule has 0 radical (unpaired) electrons. The van der Waals surface area contributed by atoms with Crippen molar-refractivity contribution in [1.82, 2.24) is 0 Å². The van der Waals surface area contributed by atoms with Crippen molar-refractivity contribution in [2.75, 3.05) is 19.8 Å². The van der Waals surface area contributed by atoms with Crippen molar-refractivity contribution in [1.29, 1.82) is 0 Å². The van der Waals surface area contributed by atoms with Crippen LogP contribution < -0.4 is 9.30 Å². The second-order valence-electron chi connectivity index (χ2n) is 4.36. The zero-order valence-corrected chi connectivity index (χ0v) is 11.3. The first-order chi connectivity index (χ1) is 8.70. The van der Waals surface area contributed by atoms with E-state index in [1.165, 1.54) is 16.5 Å². The Hall–Kier alpha value is -1.61. The smallest absolute Gasteiger partial charge is 0.178 e. The van der Waals surface area contributed by atoms with Gasteiger partial charge in [-0.3, -0.25) is 0 Å². The molecule has 2 rings (SSSR count). The number of hydrogen-bond acceptors (Lipinski definition) is 2. The number of rotatable bonds is 5. The molecule has 0 amide bonds. The third-order valence-electron chi connectivity index (χ3n) is 3.01. The van der Waals surface area contributed by atoms with Gasteiger partial charge in [0, 0.05) is 25.0 Å². The number of aromatic nitrogens is 1. The number of ether oxygens (including phenoxy) is 2. The summed E-state index contributed by atoms with van der Waals surface area (Å²) in [6.45, 7) is 6.05. The minimum Gasteiger partial charge on any atom is -0.491 e. The Morgan fingerprint density at radius 1 is 1.11 bits per heavy atom. The van der Waals surface area contributed by atoms with Gasteiger partial charge in [-0.05, 0) is 30.5 Å². The van der Waals surface area contributed by atoms with Gasteiger partial charge in [0.05, 0.1) is 6.61 Å². The summed E-state index contributed by atoms with van der Waals surface area (Å²) in [5, 5.41) is 2.43. The van der Waals surface area contributed by atoms with Crippen LogP contribution in [0.25, 0.3) is 10.8 Å². The minimum atomic E-state index is 0.596. The Bertz CT molecular complexity index is 537. The van der Waals surface area contributed by atoms with E-state index in [0.29, 0.717) is 13.2 Å². The maximum absolute atomic E-state index is 5.65. The minimum absolute atomic E-state index is 0.596. The Morgan fingerprint density at radius 3 is 2.72 bits per heavy atom. The summed E-state index contributed by atoms with van der Waals surface area (Å²) < 4.78 is 13.0. The lowest BCUT2D eigenvalue weighted by Crippen LogP contribution is -2.30. The van der Waals surface area contributed by atoms with Gasteiger partial charge in [0.1, 0.15) is 19.4 Å². The number of pyridine rings is 1. The first-order valence-corrected chi connectivity index (χ1v) is 6.31. The van der Waals surface area contributed by atoms with E-state index in [-0.39, 0.29) is 0 Å². The fourth-order valence-electron chi connectivity index (χ4n) is 1.89. The van der Waals surface area contributed by atoms with Crippen LogP contribution in [0.15, 0.2) is 30.5 Å². The molecular formula is C15H20NO2+. The summed E-state index contributed by atoms with van der Waals surface area (Å²) in [6.07, 6.45) is 2.13. The fourth-order valence-corrected chi connectivity index (χ4v) is 1.89. The zero-order valence-electron chi connectivity index (χ0n) is 11.3. The van der Waals surface area contributed by atoms with E-state index in [9.17, 15) is 0 Å². The number of benzene rings is 1. The summed E-state index contributed by atoms with van der Waals surface area (Å²) >= 11 is 0. The number of fused-ring (bicyclic) bond motifs is 1. The van der Waals surface area contributed by atoms with Crippen LogP contribution in [0.2, 0.25) is 0 Å². The van der Waals surface area contributed by atoms with Crippen LogP contribution in [0.1, 0.15) is 12.6 Å². The Labute approximate surface area is 108 Å². The van der Waals surface area contributed by atoms with Gasteiger partial charge in [0.2, 0.25) is 0 Å².